The summed E-state index contributed by atoms with van der Waals surface area (Å²) >= 11 is 1.70. The Morgan fingerprint density at radius 1 is 1.15 bits per heavy atom. The minimum absolute atomic E-state index is 0.627. The average Bonchev–Trinajstić information content (AvgIpc) is 2.66. The van der Waals surface area contributed by atoms with E-state index in [9.17, 15) is 0 Å². The van der Waals surface area contributed by atoms with Crippen LogP contribution in [0.3, 0.4) is 0 Å². The Balaban J connectivity index is 0.000000487. The number of hydrogen-bond acceptors (Lipinski definition) is 4. The first kappa shape index (κ1) is 22.1. The number of aromatic nitrogens is 1. The van der Waals surface area contributed by atoms with Crippen LogP contribution in [0.25, 0.3) is 5.57 Å². The van der Waals surface area contributed by atoms with E-state index in [0.29, 0.717) is 5.88 Å². The molecule has 1 aromatic carbocycles. The van der Waals surface area contributed by atoms with Crippen molar-refractivity contribution in [1.82, 2.24) is 4.98 Å². The summed E-state index contributed by atoms with van der Waals surface area (Å²) in [5, 5.41) is 0. The van der Waals surface area contributed by atoms with E-state index in [-0.39, 0.29) is 0 Å². The van der Waals surface area contributed by atoms with Gasteiger partial charge >= 0.3 is 0 Å². The summed E-state index contributed by atoms with van der Waals surface area (Å²) in [6, 6.07) is 9.88. The van der Waals surface area contributed by atoms with E-state index in [1.165, 1.54) is 25.7 Å². The molecule has 142 valence electrons. The molecule has 2 rings (SSSR count). The number of rotatable bonds is 8. The van der Waals surface area contributed by atoms with E-state index in [0.717, 1.165) is 33.0 Å². The number of hydrogen-bond donors (Lipinski definition) is 1. The molecule has 2 aromatic rings. The second kappa shape index (κ2) is 12.4. The summed E-state index contributed by atoms with van der Waals surface area (Å²) in [7, 11) is 1.61. The molecule has 0 radical (unpaired) electrons. The van der Waals surface area contributed by atoms with Crippen LogP contribution < -0.4 is 10.5 Å². The van der Waals surface area contributed by atoms with Crippen molar-refractivity contribution < 1.29 is 4.74 Å². The van der Waals surface area contributed by atoms with E-state index < -0.39 is 0 Å². The monoisotopic (exact) mass is 372 g/mol. The maximum Gasteiger partial charge on any atom is 0.212 e. The molecule has 0 saturated carbocycles. The largest absolute Gasteiger partial charge is 0.481 e. The fourth-order valence-electron chi connectivity index (χ4n) is 2.20. The van der Waals surface area contributed by atoms with Crippen molar-refractivity contribution in [2.75, 3.05) is 12.8 Å². The number of pyridine rings is 1. The zero-order valence-electron chi connectivity index (χ0n) is 16.5. The normalized spacial score (nSPS) is 10.0. The van der Waals surface area contributed by atoms with Crippen LogP contribution in [-0.2, 0) is 5.75 Å². The van der Waals surface area contributed by atoms with Gasteiger partial charge in [-0.1, -0.05) is 63.8 Å². The van der Waals surface area contributed by atoms with Crippen LogP contribution in [0.4, 0.5) is 5.69 Å². The van der Waals surface area contributed by atoms with Gasteiger partial charge in [0, 0.05) is 28.6 Å². The van der Waals surface area contributed by atoms with Gasteiger partial charge < -0.3 is 10.5 Å². The number of methoxy groups -OCH3 is 1. The number of thioether (sulfide) groups is 1. The van der Waals surface area contributed by atoms with E-state index in [4.69, 9.17) is 10.5 Å². The third kappa shape index (κ3) is 7.96. The highest BCUT2D eigenvalue weighted by Gasteiger charge is 2.04. The van der Waals surface area contributed by atoms with Crippen molar-refractivity contribution in [3.8, 4) is 5.88 Å². The predicted molar refractivity (Wildman–Crippen MR) is 116 cm³/mol. The van der Waals surface area contributed by atoms with Gasteiger partial charge in [0.2, 0.25) is 5.88 Å². The molecule has 0 spiro atoms. The van der Waals surface area contributed by atoms with Crippen LogP contribution in [0, 0.1) is 0 Å². The molecule has 1 heterocycles. The maximum absolute atomic E-state index is 6.01. The molecule has 0 bridgehead atoms. The Kier molecular flexibility index (Phi) is 10.6. The Labute approximate surface area is 163 Å². The zero-order valence-corrected chi connectivity index (χ0v) is 17.4. The Hall–Kier alpha value is -1.94. The van der Waals surface area contributed by atoms with Gasteiger partial charge in [-0.3, -0.25) is 0 Å². The van der Waals surface area contributed by atoms with Gasteiger partial charge in [-0.2, -0.15) is 0 Å². The highest BCUT2D eigenvalue weighted by atomic mass is 32.2. The number of nitrogen functional groups attached to an aromatic ring is 1. The first-order chi connectivity index (χ1) is 12.5. The molecule has 0 saturated heterocycles. The fraction of sp³-hybridized carbons (Fsp3) is 0.409. The molecule has 0 aliphatic rings. The summed E-state index contributed by atoms with van der Waals surface area (Å²) < 4.78 is 5.05. The Morgan fingerprint density at radius 2 is 1.85 bits per heavy atom. The van der Waals surface area contributed by atoms with E-state index >= 15 is 0 Å². The molecule has 0 amide bonds. The lowest BCUT2D eigenvalue weighted by molar-refractivity contribution is 0.397. The van der Waals surface area contributed by atoms with Crippen molar-refractivity contribution in [2.24, 2.45) is 0 Å². The minimum Gasteiger partial charge on any atom is -0.481 e. The standard InChI is InChI=1S/C16H18N2OS.C6H14/c1-11(2)13-5-6-14(17)15(8-13)20-10-12-4-7-16(19-3)18-9-12;1-3-5-6-4-2/h4-9H,1,10,17H2,2-3H3;3-6H2,1-2H3. The van der Waals surface area contributed by atoms with Gasteiger partial charge in [0.15, 0.2) is 0 Å². The Morgan fingerprint density at radius 3 is 2.35 bits per heavy atom. The minimum atomic E-state index is 0.627. The molecule has 1 aromatic heterocycles. The van der Waals surface area contributed by atoms with Crippen LogP contribution in [-0.4, -0.2) is 12.1 Å². The number of nitrogens with zero attached hydrogens (tertiary/aromatic N) is 1. The molecule has 0 atom stereocenters. The van der Waals surface area contributed by atoms with Crippen LogP contribution in [0.1, 0.15) is 57.6 Å². The number of allylic oxidation sites excluding steroid dienone is 1. The van der Waals surface area contributed by atoms with Crippen LogP contribution >= 0.6 is 11.8 Å². The van der Waals surface area contributed by atoms with Gasteiger partial charge in [0.05, 0.1) is 7.11 Å². The molecule has 0 fully saturated rings. The number of benzene rings is 1. The van der Waals surface area contributed by atoms with E-state index in [1.807, 2.05) is 37.4 Å². The Bertz CT molecular complexity index is 664. The molecular formula is C22H32N2OS. The van der Waals surface area contributed by atoms with Gasteiger partial charge in [-0.15, -0.1) is 11.8 Å². The van der Waals surface area contributed by atoms with Gasteiger partial charge in [-0.25, -0.2) is 4.98 Å². The predicted octanol–water partition coefficient (Wildman–Crippen LogP) is 6.58. The molecule has 3 nitrogen and oxygen atoms in total. The van der Waals surface area contributed by atoms with Gasteiger partial charge in [0.25, 0.3) is 0 Å². The zero-order chi connectivity index (χ0) is 19.4. The van der Waals surface area contributed by atoms with Gasteiger partial charge in [-0.05, 0) is 30.2 Å². The third-order valence-corrected chi connectivity index (χ3v) is 5.01. The van der Waals surface area contributed by atoms with Crippen LogP contribution in [0.15, 0.2) is 48.0 Å². The fourth-order valence-corrected chi connectivity index (χ4v) is 3.14. The molecule has 0 aliphatic heterocycles. The van der Waals surface area contributed by atoms with Crippen molar-refractivity contribution in [1.29, 1.82) is 0 Å². The van der Waals surface area contributed by atoms with E-state index in [1.54, 1.807) is 18.9 Å². The number of unbranched alkanes of at least 4 members (excludes halogenated alkanes) is 3. The summed E-state index contributed by atoms with van der Waals surface area (Å²) in [6.45, 7) is 10.4. The quantitative estimate of drug-likeness (QED) is 0.323. The van der Waals surface area contributed by atoms with Crippen molar-refractivity contribution >= 4 is 23.0 Å². The highest BCUT2D eigenvalue weighted by molar-refractivity contribution is 7.98. The average molecular weight is 373 g/mol. The number of anilines is 1. The topological polar surface area (TPSA) is 48.1 Å². The number of nitrogens with two attached hydrogens (primary N) is 1. The van der Waals surface area contributed by atoms with Crippen molar-refractivity contribution in [2.45, 2.75) is 57.1 Å². The third-order valence-electron chi connectivity index (χ3n) is 3.86. The van der Waals surface area contributed by atoms with Crippen molar-refractivity contribution in [3.63, 3.8) is 0 Å². The first-order valence-electron chi connectivity index (χ1n) is 9.18. The molecule has 0 unspecified atom stereocenters. The maximum atomic E-state index is 6.01. The highest BCUT2D eigenvalue weighted by Crippen LogP contribution is 2.30. The van der Waals surface area contributed by atoms with Crippen LogP contribution in [0.5, 0.6) is 5.88 Å². The molecule has 26 heavy (non-hydrogen) atoms. The molecule has 2 N–H and O–H groups in total. The van der Waals surface area contributed by atoms with Gasteiger partial charge in [0.1, 0.15) is 0 Å². The summed E-state index contributed by atoms with van der Waals surface area (Å²) in [5.41, 5.74) is 10.1. The lowest BCUT2D eigenvalue weighted by Crippen LogP contribution is -1.92. The second-order valence-electron chi connectivity index (χ2n) is 6.24. The van der Waals surface area contributed by atoms with Crippen LogP contribution in [0.2, 0.25) is 0 Å². The smallest absolute Gasteiger partial charge is 0.212 e. The second-order valence-corrected chi connectivity index (χ2v) is 7.25. The molecule has 0 aliphatic carbocycles. The summed E-state index contributed by atoms with van der Waals surface area (Å²) in [5.74, 6) is 1.45. The summed E-state index contributed by atoms with van der Waals surface area (Å²) in [6.07, 6.45) is 7.36. The lowest BCUT2D eigenvalue weighted by Gasteiger charge is -2.08. The first-order valence-corrected chi connectivity index (χ1v) is 10.2. The lowest BCUT2D eigenvalue weighted by atomic mass is 10.1. The number of ether oxygens (including phenoxy) is 1. The summed E-state index contributed by atoms with van der Waals surface area (Å²) in [4.78, 5) is 5.27. The molecule has 4 heteroatoms. The van der Waals surface area contributed by atoms with Crippen molar-refractivity contribution in [3.05, 3.63) is 54.2 Å². The molecular weight excluding hydrogens is 340 g/mol. The SMILES string of the molecule is C=C(C)c1ccc(N)c(SCc2ccc(OC)nc2)c1.CCCCCC. The van der Waals surface area contributed by atoms with E-state index in [2.05, 4.69) is 31.5 Å².